The maximum Gasteiger partial charge on any atom is 0.472 e. The van der Waals surface area contributed by atoms with Gasteiger partial charge >= 0.3 is 19.8 Å². The smallest absolute Gasteiger partial charge is 0.462 e. The summed E-state index contributed by atoms with van der Waals surface area (Å²) in [6.07, 6.45) is 83.9. The number of unbranched alkanes of at least 4 members (excludes halogenated alkanes) is 60. The van der Waals surface area contributed by atoms with Gasteiger partial charge in [-0.05, 0) is 12.8 Å². The van der Waals surface area contributed by atoms with Crippen LogP contribution in [0.2, 0.25) is 0 Å². The van der Waals surface area contributed by atoms with Crippen molar-refractivity contribution in [1.82, 2.24) is 0 Å². The fourth-order valence-corrected chi connectivity index (χ4v) is 12.9. The molecule has 0 spiro atoms. The molecule has 1 unspecified atom stereocenters. The van der Waals surface area contributed by atoms with Crippen molar-refractivity contribution in [3.63, 3.8) is 0 Å². The lowest BCUT2D eigenvalue weighted by Crippen LogP contribution is -2.37. The molecule has 0 radical (unpaired) electrons. The van der Waals surface area contributed by atoms with E-state index in [4.69, 9.17) is 18.5 Å². The molecule has 0 bridgehead atoms. The highest BCUT2D eigenvalue weighted by atomic mass is 31.2. The summed E-state index contributed by atoms with van der Waals surface area (Å²) in [5.74, 6) is -0.765. The number of nitrogens with zero attached hydrogens (tertiary/aromatic N) is 1. The van der Waals surface area contributed by atoms with Crippen LogP contribution >= 0.6 is 7.82 Å². The van der Waals surface area contributed by atoms with E-state index in [2.05, 4.69) is 13.8 Å². The number of hydrogen-bond acceptors (Lipinski definition) is 7. The maximum atomic E-state index is 12.9. The summed E-state index contributed by atoms with van der Waals surface area (Å²) >= 11 is 0. The fourth-order valence-electron chi connectivity index (χ4n) is 12.2. The van der Waals surface area contributed by atoms with Crippen LogP contribution in [0.25, 0.3) is 0 Å². The molecule has 0 aliphatic carbocycles. The third-order valence-electron chi connectivity index (χ3n) is 18.1. The molecule has 0 heterocycles. The number of likely N-dealkylation sites (N-methyl/N-ethyl adjacent to an activating group) is 1. The first kappa shape index (κ1) is 85.0. The zero-order chi connectivity index (χ0) is 62.6. The molecule has 0 saturated heterocycles. The monoisotopic (exact) mass is 1240 g/mol. The summed E-state index contributed by atoms with van der Waals surface area (Å²) in [6, 6.07) is 0. The number of rotatable bonds is 74. The molecule has 0 aliphatic heterocycles. The molecule has 0 saturated carbocycles. The molecule has 0 rings (SSSR count). The molecule has 0 amide bonds. The Hall–Kier alpha value is -0.990. The zero-order valence-corrected chi connectivity index (χ0v) is 59.8. The highest BCUT2D eigenvalue weighted by Crippen LogP contribution is 2.43. The van der Waals surface area contributed by atoms with Crippen molar-refractivity contribution in [2.75, 3.05) is 47.5 Å². The Kier molecular flexibility index (Phi) is 67.6. The Morgan fingerprint density at radius 1 is 0.314 bits per heavy atom. The SMILES string of the molecule is CCCCCCCCCCCCCCCCCCCCCCCCCCCCCCCCCC(=O)OC[C@H](COP(=O)(O)OCC[N+](C)(C)C)OC(=O)CCCCCCCCCCCCCCCCCCCCCCCCCCCCCCCCC. The van der Waals surface area contributed by atoms with Crippen molar-refractivity contribution in [2.45, 2.75) is 431 Å². The first-order valence-corrected chi connectivity index (χ1v) is 40.3. The summed E-state index contributed by atoms with van der Waals surface area (Å²) in [5, 5.41) is 0. The summed E-state index contributed by atoms with van der Waals surface area (Å²) < 4.78 is 34.8. The summed E-state index contributed by atoms with van der Waals surface area (Å²) in [6.45, 7) is 4.54. The van der Waals surface area contributed by atoms with Gasteiger partial charge in [0.1, 0.15) is 19.8 Å². The molecular weight excluding hydrogens is 1090 g/mol. The molecular formula is C76H153NO8P+. The van der Waals surface area contributed by atoms with Crippen LogP contribution in [-0.4, -0.2) is 74.9 Å². The Morgan fingerprint density at radius 2 is 0.523 bits per heavy atom. The molecule has 0 fully saturated rings. The van der Waals surface area contributed by atoms with Gasteiger partial charge in [-0.25, -0.2) is 4.57 Å². The molecule has 86 heavy (non-hydrogen) atoms. The number of phosphoric acid groups is 1. The Balaban J connectivity index is 3.91. The normalized spacial score (nSPS) is 13.0. The Bertz CT molecular complexity index is 1410. The van der Waals surface area contributed by atoms with Crippen molar-refractivity contribution in [2.24, 2.45) is 0 Å². The first-order chi connectivity index (χ1) is 42.0. The molecule has 10 heteroatoms. The van der Waals surface area contributed by atoms with Gasteiger partial charge in [0, 0.05) is 12.8 Å². The van der Waals surface area contributed by atoms with Crippen LogP contribution in [0.5, 0.6) is 0 Å². The second-order valence-corrected chi connectivity index (χ2v) is 29.6. The minimum atomic E-state index is -4.39. The lowest BCUT2D eigenvalue weighted by Gasteiger charge is -2.24. The van der Waals surface area contributed by atoms with Crippen molar-refractivity contribution in [1.29, 1.82) is 0 Å². The Morgan fingerprint density at radius 3 is 0.744 bits per heavy atom. The number of carbonyl (C=O) groups excluding carboxylic acids is 2. The summed E-state index contributed by atoms with van der Waals surface area (Å²) in [7, 11) is 1.51. The van der Waals surface area contributed by atoms with Gasteiger partial charge in [-0.1, -0.05) is 399 Å². The average Bonchev–Trinajstić information content (AvgIpc) is 3.64. The second kappa shape index (κ2) is 68.4. The van der Waals surface area contributed by atoms with Crippen LogP contribution in [0, 0.1) is 0 Å². The molecule has 0 aliphatic rings. The van der Waals surface area contributed by atoms with Crippen LogP contribution in [0.1, 0.15) is 425 Å². The van der Waals surface area contributed by atoms with Crippen LogP contribution in [-0.2, 0) is 32.7 Å². The standard InChI is InChI=1S/C76H152NO8P/c1-6-8-10-12-14-16-18-20-22-24-26-28-30-32-34-36-38-40-42-44-46-48-50-52-54-56-58-60-62-64-66-68-75(78)82-72-74(73-84-86(80,81)83-71-70-77(3,4)5)85-76(79)69-67-65-63-61-59-57-55-53-51-49-47-45-43-41-39-37-35-33-31-29-27-25-23-21-19-17-15-13-11-9-7-2/h74H,6-73H2,1-5H3/p+1/t74-/m1/s1. The molecule has 514 valence electrons. The fraction of sp³-hybridized carbons (Fsp3) is 0.974. The lowest BCUT2D eigenvalue weighted by atomic mass is 10.0. The Labute approximate surface area is 537 Å². The van der Waals surface area contributed by atoms with Crippen LogP contribution in [0.4, 0.5) is 0 Å². The van der Waals surface area contributed by atoms with E-state index in [-0.39, 0.29) is 25.6 Å². The van der Waals surface area contributed by atoms with Crippen LogP contribution < -0.4 is 0 Å². The van der Waals surface area contributed by atoms with Crippen LogP contribution in [0.15, 0.2) is 0 Å². The molecule has 9 nitrogen and oxygen atoms in total. The van der Waals surface area contributed by atoms with Gasteiger partial charge in [0.2, 0.25) is 0 Å². The third-order valence-corrected chi connectivity index (χ3v) is 19.1. The highest BCUT2D eigenvalue weighted by molar-refractivity contribution is 7.47. The lowest BCUT2D eigenvalue weighted by molar-refractivity contribution is -0.870. The van der Waals surface area contributed by atoms with E-state index in [0.29, 0.717) is 17.4 Å². The number of ether oxygens (including phenoxy) is 2. The minimum absolute atomic E-state index is 0.0378. The number of esters is 2. The predicted octanol–water partition coefficient (Wildman–Crippen LogP) is 25.3. The van der Waals surface area contributed by atoms with Crippen molar-refractivity contribution < 1.29 is 42.1 Å². The van der Waals surface area contributed by atoms with Gasteiger partial charge in [-0.2, -0.15) is 0 Å². The van der Waals surface area contributed by atoms with Crippen molar-refractivity contribution in [3.8, 4) is 0 Å². The van der Waals surface area contributed by atoms with Gasteiger partial charge in [0.15, 0.2) is 6.10 Å². The molecule has 0 aromatic heterocycles. The van der Waals surface area contributed by atoms with Crippen molar-refractivity contribution >= 4 is 19.8 Å². The second-order valence-electron chi connectivity index (χ2n) is 28.1. The molecule has 1 N–H and O–H groups in total. The summed E-state index contributed by atoms with van der Waals surface area (Å²) in [4.78, 5) is 35.9. The van der Waals surface area contributed by atoms with E-state index in [0.717, 1.165) is 38.5 Å². The van der Waals surface area contributed by atoms with Gasteiger partial charge in [-0.3, -0.25) is 18.6 Å². The maximum absolute atomic E-state index is 12.9. The quantitative estimate of drug-likeness (QED) is 0.0278. The van der Waals surface area contributed by atoms with E-state index in [9.17, 15) is 19.0 Å². The van der Waals surface area contributed by atoms with E-state index >= 15 is 0 Å². The largest absolute Gasteiger partial charge is 0.472 e. The van der Waals surface area contributed by atoms with Gasteiger partial charge in [0.05, 0.1) is 27.7 Å². The van der Waals surface area contributed by atoms with Gasteiger partial charge in [-0.15, -0.1) is 0 Å². The average molecular weight is 1240 g/mol. The first-order valence-electron chi connectivity index (χ1n) is 38.8. The zero-order valence-electron chi connectivity index (χ0n) is 58.9. The van der Waals surface area contributed by atoms with E-state index in [1.807, 2.05) is 21.1 Å². The van der Waals surface area contributed by atoms with Crippen LogP contribution in [0.3, 0.4) is 0 Å². The highest BCUT2D eigenvalue weighted by Gasteiger charge is 2.27. The molecule has 0 aromatic rings. The van der Waals surface area contributed by atoms with Crippen molar-refractivity contribution in [3.05, 3.63) is 0 Å². The number of carbonyl (C=O) groups is 2. The van der Waals surface area contributed by atoms with E-state index in [1.165, 1.54) is 360 Å². The van der Waals surface area contributed by atoms with Gasteiger partial charge in [0.25, 0.3) is 0 Å². The van der Waals surface area contributed by atoms with Gasteiger partial charge < -0.3 is 18.9 Å². The molecule has 0 aromatic carbocycles. The molecule has 2 atom stereocenters. The topological polar surface area (TPSA) is 108 Å². The summed E-state index contributed by atoms with van der Waals surface area (Å²) in [5.41, 5.74) is 0. The number of hydrogen-bond donors (Lipinski definition) is 1. The predicted molar refractivity (Wildman–Crippen MR) is 372 cm³/mol. The minimum Gasteiger partial charge on any atom is -0.462 e. The van der Waals surface area contributed by atoms with E-state index < -0.39 is 26.5 Å². The van der Waals surface area contributed by atoms with E-state index in [1.54, 1.807) is 0 Å². The number of phosphoric ester groups is 1. The number of quaternary nitrogens is 1. The third kappa shape index (κ3) is 72.1.